The zero-order valence-electron chi connectivity index (χ0n) is 26.2. The monoisotopic (exact) mass is 637 g/mol. The van der Waals surface area contributed by atoms with E-state index in [4.69, 9.17) is 20.9 Å². The van der Waals surface area contributed by atoms with Gasteiger partial charge in [-0.1, -0.05) is 18.1 Å². The van der Waals surface area contributed by atoms with Crippen molar-refractivity contribution in [2.45, 2.75) is 56.2 Å². The van der Waals surface area contributed by atoms with Gasteiger partial charge in [-0.05, 0) is 68.2 Å². The first-order chi connectivity index (χ1) is 22.8. The number of aromatic hydroxyl groups is 1. The summed E-state index contributed by atoms with van der Waals surface area (Å²) in [5.41, 5.74) is 0.381. The molecule has 1 aromatic heterocycles. The molecule has 242 valence electrons. The van der Waals surface area contributed by atoms with Crippen LogP contribution in [-0.2, 0) is 4.74 Å². The minimum absolute atomic E-state index is 0.00541. The number of likely N-dealkylation sites (tertiary alicyclic amines) is 1. The smallest absolute Gasteiger partial charge is 0.319 e. The molecule has 0 radical (unpaired) electrons. The van der Waals surface area contributed by atoms with E-state index >= 15 is 8.78 Å². The molecule has 1 saturated carbocycles. The third-order valence-corrected chi connectivity index (χ3v) is 11.0. The number of hydrogen-bond donors (Lipinski definition) is 2. The van der Waals surface area contributed by atoms with Gasteiger partial charge in [-0.3, -0.25) is 4.90 Å². The van der Waals surface area contributed by atoms with Gasteiger partial charge in [0.2, 0.25) is 0 Å². The molecule has 8 nitrogen and oxygen atoms in total. The lowest BCUT2D eigenvalue weighted by Crippen LogP contribution is -2.62. The average molecular weight is 638 g/mol. The minimum Gasteiger partial charge on any atom is -0.508 e. The van der Waals surface area contributed by atoms with Crippen LogP contribution in [0.5, 0.6) is 11.8 Å². The molecule has 2 N–H and O–H groups in total. The second-order valence-corrected chi connectivity index (χ2v) is 14.4. The molecule has 2 bridgehead atoms. The van der Waals surface area contributed by atoms with E-state index in [0.717, 1.165) is 64.8 Å². The number of hydrogen-bond acceptors (Lipinski definition) is 8. The van der Waals surface area contributed by atoms with Crippen molar-refractivity contribution in [3.05, 3.63) is 53.6 Å². The molecule has 1 spiro atoms. The van der Waals surface area contributed by atoms with Crippen LogP contribution in [0.1, 0.15) is 44.1 Å². The van der Waals surface area contributed by atoms with Gasteiger partial charge in [0.05, 0.1) is 17.8 Å². The Hall–Kier alpha value is -4.04. The van der Waals surface area contributed by atoms with Crippen LogP contribution < -0.4 is 15.0 Å². The molecule has 0 amide bonds. The lowest BCUT2D eigenvalue weighted by molar-refractivity contribution is -0.117. The molecule has 4 aromatic rings. The van der Waals surface area contributed by atoms with Crippen LogP contribution in [0.4, 0.5) is 14.6 Å². The molecule has 4 aliphatic heterocycles. The van der Waals surface area contributed by atoms with Crippen molar-refractivity contribution in [1.29, 1.82) is 0 Å². The standard InChI is InChI=1S/C37H37F2N5O3/c1-2-22-5-3-6-23-13-26(45)14-27(30(22)23)31-29(38)15-28-33(32(31)39)41-35(42-34(28)44-16-24-7-8-25(17-44)40-24)46-21-36(10-11-36)18-43-19-37(20-43)9-4-12-47-37/h1,3,5-6,13-15,24-25,40,45H,4,7-12,16-21H2. The van der Waals surface area contributed by atoms with Crippen LogP contribution in [0.3, 0.4) is 0 Å². The van der Waals surface area contributed by atoms with Crippen molar-refractivity contribution < 1.29 is 23.4 Å². The first-order valence-corrected chi connectivity index (χ1v) is 16.7. The Kier molecular flexibility index (Phi) is 6.66. The molecule has 9 rings (SSSR count). The van der Waals surface area contributed by atoms with E-state index in [0.29, 0.717) is 47.2 Å². The van der Waals surface area contributed by atoms with E-state index in [9.17, 15) is 5.11 Å². The highest BCUT2D eigenvalue weighted by molar-refractivity contribution is 6.04. The highest BCUT2D eigenvalue weighted by Gasteiger charge is 2.52. The third-order valence-electron chi connectivity index (χ3n) is 11.0. The summed E-state index contributed by atoms with van der Waals surface area (Å²) in [4.78, 5) is 14.0. The van der Waals surface area contributed by atoms with Crippen LogP contribution >= 0.6 is 0 Å². The van der Waals surface area contributed by atoms with Crippen LogP contribution in [0.2, 0.25) is 0 Å². The molecular weight excluding hydrogens is 600 g/mol. The van der Waals surface area contributed by atoms with E-state index in [1.807, 2.05) is 0 Å². The van der Waals surface area contributed by atoms with Gasteiger partial charge >= 0.3 is 6.01 Å². The maximum atomic E-state index is 16.9. The fraction of sp³-hybridized carbons (Fsp3) is 0.459. The minimum atomic E-state index is -0.839. The van der Waals surface area contributed by atoms with Crippen molar-refractivity contribution in [1.82, 2.24) is 20.2 Å². The summed E-state index contributed by atoms with van der Waals surface area (Å²) in [6, 6.07) is 10.1. The third kappa shape index (κ3) is 4.98. The normalized spacial score (nSPS) is 24.1. The lowest BCUT2D eigenvalue weighted by atomic mass is 9.89. The maximum absolute atomic E-state index is 16.9. The number of phenolic OH excluding ortho intramolecular Hbond substituents is 1. The number of piperazine rings is 1. The molecule has 3 aromatic carbocycles. The second kappa shape index (κ2) is 10.7. The molecule has 10 heteroatoms. The fourth-order valence-electron chi connectivity index (χ4n) is 8.51. The molecule has 5 heterocycles. The Morgan fingerprint density at radius 2 is 1.89 bits per heavy atom. The first-order valence-electron chi connectivity index (χ1n) is 16.7. The molecule has 1 aliphatic carbocycles. The number of halogens is 2. The van der Waals surface area contributed by atoms with Gasteiger partial charge in [-0.15, -0.1) is 6.42 Å². The number of nitrogens with one attached hydrogen (secondary N) is 1. The summed E-state index contributed by atoms with van der Waals surface area (Å²) >= 11 is 0. The molecule has 2 atom stereocenters. The molecule has 5 fully saturated rings. The number of fused-ring (bicyclic) bond motifs is 4. The van der Waals surface area contributed by atoms with Crippen molar-refractivity contribution in [3.63, 3.8) is 0 Å². The van der Waals surface area contributed by atoms with Gasteiger partial charge in [-0.2, -0.15) is 9.97 Å². The number of aromatic nitrogens is 2. The number of phenols is 1. The predicted octanol–water partition coefficient (Wildman–Crippen LogP) is 5.38. The number of anilines is 1. The Morgan fingerprint density at radius 3 is 2.62 bits per heavy atom. The van der Waals surface area contributed by atoms with Crippen molar-refractivity contribution >= 4 is 27.5 Å². The summed E-state index contributed by atoms with van der Waals surface area (Å²) in [7, 11) is 0. The van der Waals surface area contributed by atoms with Crippen LogP contribution in [0, 0.1) is 29.4 Å². The summed E-state index contributed by atoms with van der Waals surface area (Å²) in [6.07, 6.45) is 12.3. The number of benzene rings is 3. The van der Waals surface area contributed by atoms with Crippen molar-refractivity contribution in [2.75, 3.05) is 50.8 Å². The van der Waals surface area contributed by atoms with E-state index in [1.165, 1.54) is 18.2 Å². The fourth-order valence-corrected chi connectivity index (χ4v) is 8.51. The van der Waals surface area contributed by atoms with E-state index in [2.05, 4.69) is 26.0 Å². The van der Waals surface area contributed by atoms with E-state index < -0.39 is 11.6 Å². The van der Waals surface area contributed by atoms with Gasteiger partial charge in [0.15, 0.2) is 5.82 Å². The number of nitrogens with zero attached hydrogens (tertiary/aromatic N) is 4. The van der Waals surface area contributed by atoms with Crippen LogP contribution in [0.25, 0.3) is 32.8 Å². The SMILES string of the molecule is C#Cc1cccc2cc(O)cc(-c3c(F)cc4c(N5CC6CCC(C5)N6)nc(OCC5(CN6CC7(CCCO7)C6)CC5)nc4c3F)c12. The second-order valence-electron chi connectivity index (χ2n) is 14.4. The summed E-state index contributed by atoms with van der Waals surface area (Å²) in [5.74, 6) is 1.37. The van der Waals surface area contributed by atoms with Gasteiger partial charge in [-0.25, -0.2) is 8.78 Å². The number of terminal acetylenes is 1. The van der Waals surface area contributed by atoms with Crippen LogP contribution in [-0.4, -0.2) is 83.6 Å². The summed E-state index contributed by atoms with van der Waals surface area (Å²) in [6.45, 7) is 5.48. The van der Waals surface area contributed by atoms with E-state index in [1.54, 1.807) is 18.2 Å². The van der Waals surface area contributed by atoms with Gasteiger partial charge in [0.1, 0.15) is 22.9 Å². The Balaban J connectivity index is 1.11. The quantitative estimate of drug-likeness (QED) is 0.262. The molecule has 5 aliphatic rings. The topological polar surface area (TPSA) is 83.0 Å². The van der Waals surface area contributed by atoms with Gasteiger partial charge in [0.25, 0.3) is 0 Å². The van der Waals surface area contributed by atoms with Gasteiger partial charge in [0, 0.05) is 78.7 Å². The largest absolute Gasteiger partial charge is 0.508 e. The lowest BCUT2D eigenvalue weighted by Gasteiger charge is -2.48. The Bertz CT molecular complexity index is 1950. The molecular formula is C37H37F2N5O3. The molecule has 2 unspecified atom stereocenters. The van der Waals surface area contributed by atoms with Crippen molar-refractivity contribution in [2.24, 2.45) is 5.41 Å². The van der Waals surface area contributed by atoms with Crippen molar-refractivity contribution in [3.8, 4) is 35.2 Å². The van der Waals surface area contributed by atoms with Crippen LogP contribution in [0.15, 0.2) is 36.4 Å². The predicted molar refractivity (Wildman–Crippen MR) is 176 cm³/mol. The van der Waals surface area contributed by atoms with E-state index in [-0.39, 0.29) is 51.5 Å². The summed E-state index contributed by atoms with van der Waals surface area (Å²) in [5, 5.41) is 15.6. The van der Waals surface area contributed by atoms with Gasteiger partial charge < -0.3 is 24.8 Å². The Labute approximate surface area is 272 Å². The maximum Gasteiger partial charge on any atom is 0.319 e. The number of ether oxygens (including phenoxy) is 2. The number of rotatable bonds is 7. The highest BCUT2D eigenvalue weighted by Crippen LogP contribution is 2.49. The Morgan fingerprint density at radius 1 is 1.09 bits per heavy atom. The average Bonchev–Trinajstić information content (AvgIpc) is 3.47. The highest BCUT2D eigenvalue weighted by atomic mass is 19.1. The zero-order chi connectivity index (χ0) is 31.9. The molecule has 47 heavy (non-hydrogen) atoms. The first kappa shape index (κ1) is 29.1. The molecule has 4 saturated heterocycles. The summed E-state index contributed by atoms with van der Waals surface area (Å²) < 4.78 is 45.5. The zero-order valence-corrected chi connectivity index (χ0v) is 26.2.